The molecule has 9 heteroatoms. The highest BCUT2D eigenvalue weighted by Crippen LogP contribution is 2.47. The number of carbonyl (C=O) groups excluding carboxylic acids is 2. The van der Waals surface area contributed by atoms with Gasteiger partial charge in [0.25, 0.3) is 0 Å². The van der Waals surface area contributed by atoms with Gasteiger partial charge in [-0.25, -0.2) is 9.59 Å². The van der Waals surface area contributed by atoms with Crippen LogP contribution < -0.4 is 0 Å². The highest BCUT2D eigenvalue weighted by Gasteiger charge is 2.45. The fourth-order valence-corrected chi connectivity index (χ4v) is 4.74. The Kier molecular flexibility index (Phi) is 9.72. The average molecular weight is 543 g/mol. The van der Waals surface area contributed by atoms with E-state index in [-0.39, 0.29) is 29.9 Å². The van der Waals surface area contributed by atoms with Crippen LogP contribution in [0.1, 0.15) is 63.6 Å². The molecule has 0 spiro atoms. The number of allylic oxidation sites excluding steroid dienone is 2. The summed E-state index contributed by atoms with van der Waals surface area (Å²) in [6.45, 7) is 8.89. The molecule has 0 aromatic heterocycles. The van der Waals surface area contributed by atoms with Crippen LogP contribution in [-0.4, -0.2) is 42.4 Å². The predicted octanol–water partition coefficient (Wildman–Crippen LogP) is 6.64. The monoisotopic (exact) mass is 542 g/mol. The maximum atomic E-state index is 14.2. The lowest BCUT2D eigenvalue weighted by atomic mass is 9.77. The number of halogens is 3. The van der Waals surface area contributed by atoms with E-state index in [0.717, 1.165) is 12.5 Å². The third-order valence-electron chi connectivity index (χ3n) is 6.32. The summed E-state index contributed by atoms with van der Waals surface area (Å²) >= 11 is 0. The van der Waals surface area contributed by atoms with Crippen LogP contribution in [0, 0.1) is 0 Å². The molecule has 1 aliphatic rings. The van der Waals surface area contributed by atoms with E-state index in [1.54, 1.807) is 32.6 Å². The molecule has 0 saturated carbocycles. The molecule has 1 aliphatic heterocycles. The SMILES string of the molecule is CCCN=C(c1ccccc1)N1C(C)=C(C(=O)OCC)C(c2ccccc2C(F)(F)F)C(C(=O)OCC)=C1C. The van der Waals surface area contributed by atoms with E-state index in [1.807, 2.05) is 37.3 Å². The smallest absolute Gasteiger partial charge is 0.416 e. The number of hydrogen-bond donors (Lipinski definition) is 0. The number of alkyl halides is 3. The lowest BCUT2D eigenvalue weighted by Gasteiger charge is -2.39. The molecule has 2 aromatic carbocycles. The molecule has 0 fully saturated rings. The minimum Gasteiger partial charge on any atom is -0.463 e. The predicted molar refractivity (Wildman–Crippen MR) is 143 cm³/mol. The molecule has 3 rings (SSSR count). The highest BCUT2D eigenvalue weighted by molar-refractivity contribution is 6.06. The third kappa shape index (κ3) is 6.24. The van der Waals surface area contributed by atoms with E-state index < -0.39 is 29.6 Å². The lowest BCUT2D eigenvalue weighted by molar-refractivity contribution is -0.142. The van der Waals surface area contributed by atoms with Crippen LogP contribution in [0.25, 0.3) is 0 Å². The van der Waals surface area contributed by atoms with Gasteiger partial charge in [-0.1, -0.05) is 55.5 Å². The Hall–Kier alpha value is -3.88. The van der Waals surface area contributed by atoms with E-state index >= 15 is 0 Å². The van der Waals surface area contributed by atoms with Crippen molar-refractivity contribution in [3.05, 3.63) is 93.8 Å². The summed E-state index contributed by atoms with van der Waals surface area (Å²) in [7, 11) is 0. The molecular formula is C30H33F3N2O4. The number of amidine groups is 1. The van der Waals surface area contributed by atoms with Crippen LogP contribution in [0.15, 0.2) is 82.1 Å². The number of ether oxygens (including phenoxy) is 2. The van der Waals surface area contributed by atoms with E-state index in [1.165, 1.54) is 18.2 Å². The highest BCUT2D eigenvalue weighted by atomic mass is 19.4. The van der Waals surface area contributed by atoms with Gasteiger partial charge in [0.1, 0.15) is 5.84 Å². The van der Waals surface area contributed by atoms with Crippen LogP contribution >= 0.6 is 0 Å². The number of aliphatic imine (C=N–C) groups is 1. The summed E-state index contributed by atoms with van der Waals surface area (Å²) in [5.41, 5.74) is 0.00559. The maximum absolute atomic E-state index is 14.2. The minimum atomic E-state index is -4.73. The first-order valence-corrected chi connectivity index (χ1v) is 12.9. The van der Waals surface area contributed by atoms with E-state index in [0.29, 0.717) is 29.3 Å². The average Bonchev–Trinajstić information content (AvgIpc) is 2.90. The Labute approximate surface area is 226 Å². The molecule has 0 saturated heterocycles. The zero-order valence-corrected chi connectivity index (χ0v) is 22.8. The molecule has 0 unspecified atom stereocenters. The second kappa shape index (κ2) is 12.8. The van der Waals surface area contributed by atoms with Crippen LogP contribution in [0.3, 0.4) is 0 Å². The minimum absolute atomic E-state index is 0.00382. The molecule has 2 aromatic rings. The largest absolute Gasteiger partial charge is 0.463 e. The van der Waals surface area contributed by atoms with Gasteiger partial charge in [0.05, 0.1) is 35.8 Å². The molecule has 39 heavy (non-hydrogen) atoms. The molecule has 0 N–H and O–H groups in total. The van der Waals surface area contributed by atoms with E-state index in [2.05, 4.69) is 0 Å². The van der Waals surface area contributed by atoms with Crippen molar-refractivity contribution in [2.75, 3.05) is 19.8 Å². The van der Waals surface area contributed by atoms with Crippen molar-refractivity contribution in [3.63, 3.8) is 0 Å². The van der Waals surface area contributed by atoms with Gasteiger partial charge in [-0.05, 0) is 45.7 Å². The Morgan fingerprint density at radius 1 is 0.846 bits per heavy atom. The normalized spacial score (nSPS) is 15.1. The number of hydrogen-bond acceptors (Lipinski definition) is 5. The standard InChI is InChI=1S/C30H33F3N2O4/c1-6-18-34-27(21-14-10-9-11-15-21)35-19(4)24(28(36)38-7-2)26(25(20(35)5)29(37)39-8-3)22-16-12-13-17-23(22)30(31,32)33/h9-17,26H,6-8,18H2,1-5H3. The third-order valence-corrected chi connectivity index (χ3v) is 6.32. The van der Waals surface area contributed by atoms with Gasteiger partial charge in [0.2, 0.25) is 0 Å². The second-order valence-corrected chi connectivity index (χ2v) is 8.86. The number of carbonyl (C=O) groups is 2. The Balaban J connectivity index is 2.45. The van der Waals surface area contributed by atoms with Crippen LogP contribution in [-0.2, 0) is 25.2 Å². The van der Waals surface area contributed by atoms with E-state index in [9.17, 15) is 22.8 Å². The summed E-state index contributed by atoms with van der Waals surface area (Å²) in [4.78, 5) is 33.4. The van der Waals surface area contributed by atoms with Crippen molar-refractivity contribution in [1.29, 1.82) is 0 Å². The first-order valence-electron chi connectivity index (χ1n) is 12.9. The number of esters is 2. The second-order valence-electron chi connectivity index (χ2n) is 8.86. The summed E-state index contributed by atoms with van der Waals surface area (Å²) < 4.78 is 53.4. The molecule has 0 aliphatic carbocycles. The van der Waals surface area contributed by atoms with Gasteiger partial charge in [0, 0.05) is 23.5 Å². The zero-order valence-electron chi connectivity index (χ0n) is 22.8. The van der Waals surface area contributed by atoms with Crippen molar-refractivity contribution >= 4 is 17.8 Å². The molecule has 0 amide bonds. The fourth-order valence-electron chi connectivity index (χ4n) is 4.74. The summed E-state index contributed by atoms with van der Waals surface area (Å²) in [5, 5.41) is 0. The van der Waals surface area contributed by atoms with Crippen molar-refractivity contribution in [1.82, 2.24) is 4.90 Å². The number of nitrogens with zero attached hydrogens (tertiary/aromatic N) is 2. The fraction of sp³-hybridized carbons (Fsp3) is 0.367. The van der Waals surface area contributed by atoms with Gasteiger partial charge in [0.15, 0.2) is 0 Å². The van der Waals surface area contributed by atoms with Crippen LogP contribution in [0.2, 0.25) is 0 Å². The van der Waals surface area contributed by atoms with Crippen molar-refractivity contribution in [3.8, 4) is 0 Å². The topological polar surface area (TPSA) is 68.2 Å². The molecular weight excluding hydrogens is 509 g/mol. The van der Waals surface area contributed by atoms with Crippen molar-refractivity contribution in [2.45, 2.75) is 53.1 Å². The number of benzene rings is 2. The number of rotatable bonds is 8. The van der Waals surface area contributed by atoms with E-state index in [4.69, 9.17) is 14.5 Å². The molecule has 6 nitrogen and oxygen atoms in total. The molecule has 1 heterocycles. The molecule has 0 radical (unpaired) electrons. The summed E-state index contributed by atoms with van der Waals surface area (Å²) in [6.07, 6.45) is -4.00. The van der Waals surface area contributed by atoms with Gasteiger partial charge < -0.3 is 14.4 Å². The molecule has 208 valence electrons. The quantitative estimate of drug-likeness (QED) is 0.213. The maximum Gasteiger partial charge on any atom is 0.416 e. The first kappa shape index (κ1) is 29.7. The van der Waals surface area contributed by atoms with Gasteiger partial charge >= 0.3 is 18.1 Å². The zero-order chi connectivity index (χ0) is 28.7. The first-order chi connectivity index (χ1) is 18.6. The van der Waals surface area contributed by atoms with Crippen molar-refractivity contribution in [2.24, 2.45) is 4.99 Å². The van der Waals surface area contributed by atoms with Crippen LogP contribution in [0.4, 0.5) is 13.2 Å². The Morgan fingerprint density at radius 3 is 1.85 bits per heavy atom. The Morgan fingerprint density at radius 2 is 1.36 bits per heavy atom. The van der Waals surface area contributed by atoms with Crippen molar-refractivity contribution < 1.29 is 32.2 Å². The van der Waals surface area contributed by atoms with Gasteiger partial charge in [-0.2, -0.15) is 13.2 Å². The molecule has 0 atom stereocenters. The van der Waals surface area contributed by atoms with Gasteiger partial charge in [-0.3, -0.25) is 4.99 Å². The van der Waals surface area contributed by atoms with Gasteiger partial charge in [-0.15, -0.1) is 0 Å². The summed E-state index contributed by atoms with van der Waals surface area (Å²) in [6, 6.07) is 14.1. The Bertz CT molecular complexity index is 1250. The van der Waals surface area contributed by atoms with Crippen LogP contribution in [0.5, 0.6) is 0 Å². The lowest BCUT2D eigenvalue weighted by Crippen LogP contribution is -2.39. The summed E-state index contributed by atoms with van der Waals surface area (Å²) in [5.74, 6) is -2.56. The molecule has 0 bridgehead atoms.